The summed E-state index contributed by atoms with van der Waals surface area (Å²) in [4.78, 5) is 0. The van der Waals surface area contributed by atoms with Gasteiger partial charge in [-0.1, -0.05) is 25.1 Å². The van der Waals surface area contributed by atoms with Gasteiger partial charge in [-0.3, -0.25) is 0 Å². The summed E-state index contributed by atoms with van der Waals surface area (Å²) >= 11 is 0. The number of aliphatic hydroxyl groups is 1. The number of benzene rings is 1. The summed E-state index contributed by atoms with van der Waals surface area (Å²) in [6, 6.07) is 9.71. The minimum Gasteiger partial charge on any atom is -0.461 e. The van der Waals surface area contributed by atoms with Gasteiger partial charge in [0.25, 0.3) is 0 Å². The highest BCUT2D eigenvalue weighted by Gasteiger charge is 2.25. The van der Waals surface area contributed by atoms with Crippen molar-refractivity contribution >= 4 is 11.0 Å². The number of furan rings is 1. The zero-order valence-electron chi connectivity index (χ0n) is 9.97. The van der Waals surface area contributed by atoms with Crippen molar-refractivity contribution in [3.63, 3.8) is 0 Å². The zero-order chi connectivity index (χ0) is 12.4. The van der Waals surface area contributed by atoms with Crippen molar-refractivity contribution in [1.29, 1.82) is 5.26 Å². The van der Waals surface area contributed by atoms with E-state index in [2.05, 4.69) is 6.07 Å². The molecule has 0 amide bonds. The third-order valence-corrected chi connectivity index (χ3v) is 3.10. The van der Waals surface area contributed by atoms with Crippen LogP contribution in [0.3, 0.4) is 0 Å². The number of fused-ring (bicyclic) bond motifs is 1. The molecule has 0 radical (unpaired) electrons. The summed E-state index contributed by atoms with van der Waals surface area (Å²) in [5, 5.41) is 20.2. The van der Waals surface area contributed by atoms with Gasteiger partial charge in [0.05, 0.1) is 18.1 Å². The lowest BCUT2D eigenvalue weighted by atomic mass is 9.93. The molecular weight excluding hydrogens is 214 g/mol. The van der Waals surface area contributed by atoms with Crippen LogP contribution in [0.4, 0.5) is 0 Å². The Morgan fingerprint density at radius 3 is 2.76 bits per heavy atom. The van der Waals surface area contributed by atoms with E-state index in [1.54, 1.807) is 0 Å². The van der Waals surface area contributed by atoms with Gasteiger partial charge in [-0.25, -0.2) is 0 Å². The van der Waals surface area contributed by atoms with E-state index in [0.717, 1.165) is 16.5 Å². The van der Waals surface area contributed by atoms with E-state index in [1.807, 2.05) is 38.1 Å². The Labute approximate surface area is 100 Å². The van der Waals surface area contributed by atoms with E-state index in [1.165, 1.54) is 0 Å². The summed E-state index contributed by atoms with van der Waals surface area (Å²) in [5.74, 6) is 0.294. The molecule has 0 aliphatic carbocycles. The molecule has 1 aromatic heterocycles. The highest BCUT2D eigenvalue weighted by molar-refractivity contribution is 5.82. The molecule has 1 aromatic carbocycles. The molecule has 3 heteroatoms. The number of nitrogens with zero attached hydrogens (tertiary/aromatic N) is 1. The molecule has 2 aromatic rings. The minimum atomic E-state index is -0.784. The predicted octanol–water partition coefficient (Wildman–Crippen LogP) is 3.32. The van der Waals surface area contributed by atoms with Gasteiger partial charge in [0, 0.05) is 10.9 Å². The maximum absolute atomic E-state index is 10.3. The first-order chi connectivity index (χ1) is 8.19. The van der Waals surface area contributed by atoms with Crippen LogP contribution in [0.25, 0.3) is 11.0 Å². The highest BCUT2D eigenvalue weighted by atomic mass is 16.3. The number of para-hydroxylation sites is 1. The van der Waals surface area contributed by atoms with Crippen LogP contribution in [0.15, 0.2) is 28.7 Å². The van der Waals surface area contributed by atoms with Crippen LogP contribution in [-0.4, -0.2) is 5.11 Å². The number of aryl methyl sites for hydroxylation is 1. The average molecular weight is 229 g/mol. The SMILES string of the molecule is CCC(C#N)C(O)c1c(C)oc2ccccc12. The molecule has 1 heterocycles. The summed E-state index contributed by atoms with van der Waals surface area (Å²) in [6.07, 6.45) is -0.162. The quantitative estimate of drug-likeness (QED) is 0.878. The molecule has 0 fully saturated rings. The van der Waals surface area contributed by atoms with E-state index in [4.69, 9.17) is 9.68 Å². The van der Waals surface area contributed by atoms with Gasteiger partial charge in [0.2, 0.25) is 0 Å². The van der Waals surface area contributed by atoms with Gasteiger partial charge in [-0.15, -0.1) is 0 Å². The first kappa shape index (κ1) is 11.7. The van der Waals surface area contributed by atoms with Crippen molar-refractivity contribution in [3.8, 4) is 6.07 Å². The van der Waals surface area contributed by atoms with E-state index >= 15 is 0 Å². The van der Waals surface area contributed by atoms with Crippen molar-refractivity contribution in [2.45, 2.75) is 26.4 Å². The van der Waals surface area contributed by atoms with E-state index in [-0.39, 0.29) is 0 Å². The first-order valence-electron chi connectivity index (χ1n) is 5.74. The van der Waals surface area contributed by atoms with Crippen molar-refractivity contribution in [2.75, 3.05) is 0 Å². The molecule has 0 aliphatic rings. The molecule has 0 saturated carbocycles. The van der Waals surface area contributed by atoms with E-state index < -0.39 is 12.0 Å². The van der Waals surface area contributed by atoms with E-state index in [9.17, 15) is 5.11 Å². The fraction of sp³-hybridized carbons (Fsp3) is 0.357. The molecule has 88 valence electrons. The summed E-state index contributed by atoms with van der Waals surface area (Å²) in [6.45, 7) is 3.72. The maximum Gasteiger partial charge on any atom is 0.134 e. The second-order valence-electron chi connectivity index (χ2n) is 4.16. The molecule has 1 N–H and O–H groups in total. The predicted molar refractivity (Wildman–Crippen MR) is 65.3 cm³/mol. The van der Waals surface area contributed by atoms with Crippen molar-refractivity contribution < 1.29 is 9.52 Å². The topological polar surface area (TPSA) is 57.2 Å². The molecule has 2 rings (SSSR count). The molecule has 2 unspecified atom stereocenters. The lowest BCUT2D eigenvalue weighted by Gasteiger charge is -2.14. The van der Waals surface area contributed by atoms with Crippen molar-refractivity contribution in [2.24, 2.45) is 5.92 Å². The minimum absolute atomic E-state index is 0.394. The Morgan fingerprint density at radius 2 is 2.12 bits per heavy atom. The van der Waals surface area contributed by atoms with Crippen LogP contribution in [0.5, 0.6) is 0 Å². The molecule has 0 aliphatic heterocycles. The fourth-order valence-electron chi connectivity index (χ4n) is 2.14. The van der Waals surface area contributed by atoms with Crippen LogP contribution in [-0.2, 0) is 0 Å². The summed E-state index contributed by atoms with van der Waals surface area (Å²) in [5.41, 5.74) is 1.50. The monoisotopic (exact) mass is 229 g/mol. The normalized spacial score (nSPS) is 14.5. The Hall–Kier alpha value is -1.79. The van der Waals surface area contributed by atoms with Crippen LogP contribution < -0.4 is 0 Å². The molecule has 17 heavy (non-hydrogen) atoms. The van der Waals surface area contributed by atoms with Crippen LogP contribution in [0.1, 0.15) is 30.8 Å². The van der Waals surface area contributed by atoms with Gasteiger partial charge in [0.1, 0.15) is 11.3 Å². The third kappa shape index (κ3) is 1.92. The summed E-state index contributed by atoms with van der Waals surface area (Å²) < 4.78 is 5.59. The van der Waals surface area contributed by atoms with Crippen molar-refractivity contribution in [3.05, 3.63) is 35.6 Å². The smallest absolute Gasteiger partial charge is 0.134 e. The zero-order valence-corrected chi connectivity index (χ0v) is 9.97. The molecular formula is C14H15NO2. The van der Waals surface area contributed by atoms with Crippen LogP contribution >= 0.6 is 0 Å². The van der Waals surface area contributed by atoms with E-state index in [0.29, 0.717) is 12.2 Å². The molecule has 0 saturated heterocycles. The van der Waals surface area contributed by atoms with Gasteiger partial charge in [0.15, 0.2) is 0 Å². The second kappa shape index (κ2) is 4.60. The molecule has 0 bridgehead atoms. The van der Waals surface area contributed by atoms with Gasteiger partial charge >= 0.3 is 0 Å². The number of rotatable bonds is 3. The van der Waals surface area contributed by atoms with Crippen molar-refractivity contribution in [1.82, 2.24) is 0 Å². The summed E-state index contributed by atoms with van der Waals surface area (Å²) in [7, 11) is 0. The number of hydrogen-bond donors (Lipinski definition) is 1. The maximum atomic E-state index is 10.3. The highest BCUT2D eigenvalue weighted by Crippen LogP contribution is 2.34. The Balaban J connectivity index is 2.55. The molecule has 3 nitrogen and oxygen atoms in total. The number of aliphatic hydroxyl groups excluding tert-OH is 1. The molecule has 2 atom stereocenters. The van der Waals surface area contributed by atoms with Crippen LogP contribution in [0, 0.1) is 24.2 Å². The Bertz CT molecular complexity index is 565. The lowest BCUT2D eigenvalue weighted by molar-refractivity contribution is 0.132. The number of hydrogen-bond acceptors (Lipinski definition) is 3. The van der Waals surface area contributed by atoms with Crippen LogP contribution in [0.2, 0.25) is 0 Å². The van der Waals surface area contributed by atoms with Gasteiger partial charge in [-0.05, 0) is 19.4 Å². The largest absolute Gasteiger partial charge is 0.461 e. The molecule has 0 spiro atoms. The first-order valence-corrected chi connectivity index (χ1v) is 5.74. The fourth-order valence-corrected chi connectivity index (χ4v) is 2.14. The average Bonchev–Trinajstić information content (AvgIpc) is 2.66. The Kier molecular flexibility index (Phi) is 3.16. The van der Waals surface area contributed by atoms with Gasteiger partial charge < -0.3 is 9.52 Å². The Morgan fingerprint density at radius 1 is 1.41 bits per heavy atom. The number of nitriles is 1. The van der Waals surface area contributed by atoms with Gasteiger partial charge in [-0.2, -0.15) is 5.26 Å². The third-order valence-electron chi connectivity index (χ3n) is 3.10. The second-order valence-corrected chi connectivity index (χ2v) is 4.16. The lowest BCUT2D eigenvalue weighted by Crippen LogP contribution is -2.10. The standard InChI is InChI=1S/C14H15NO2/c1-3-10(8-15)14(16)13-9(2)17-12-7-5-4-6-11(12)13/h4-7,10,14,16H,3H2,1-2H3.